The van der Waals surface area contributed by atoms with Gasteiger partial charge in [-0.15, -0.1) is 0 Å². The molecule has 9 heteroatoms. The lowest BCUT2D eigenvalue weighted by Crippen LogP contribution is -2.31. The molecule has 4 heterocycles. The zero-order valence-electron chi connectivity index (χ0n) is 21.2. The van der Waals surface area contributed by atoms with Crippen molar-refractivity contribution < 1.29 is 9.21 Å². The maximum absolute atomic E-state index is 12.7. The van der Waals surface area contributed by atoms with Gasteiger partial charge >= 0.3 is 0 Å². The van der Waals surface area contributed by atoms with Gasteiger partial charge in [-0.2, -0.15) is 0 Å². The summed E-state index contributed by atoms with van der Waals surface area (Å²) in [5, 5.41) is 0.903. The zero-order valence-corrected chi connectivity index (χ0v) is 22.8. The fourth-order valence-corrected chi connectivity index (χ4v) is 5.25. The summed E-state index contributed by atoms with van der Waals surface area (Å²) in [6.07, 6.45) is 10.4. The van der Waals surface area contributed by atoms with Gasteiger partial charge in [0.1, 0.15) is 17.4 Å². The van der Waals surface area contributed by atoms with Crippen molar-refractivity contribution in [3.05, 3.63) is 114 Å². The second kappa shape index (κ2) is 10.7. The van der Waals surface area contributed by atoms with Gasteiger partial charge in [0.25, 0.3) is 0 Å². The molecule has 8 nitrogen and oxygen atoms in total. The summed E-state index contributed by atoms with van der Waals surface area (Å²) in [6.45, 7) is 2.75. The van der Waals surface area contributed by atoms with Crippen molar-refractivity contribution in [2.45, 2.75) is 25.9 Å². The highest BCUT2D eigenvalue weighted by Gasteiger charge is 2.29. The number of carbonyl (C=O) groups is 1. The molecular weight excluding hydrogens is 556 g/mol. The van der Waals surface area contributed by atoms with Crippen LogP contribution in [-0.4, -0.2) is 30.5 Å². The summed E-state index contributed by atoms with van der Waals surface area (Å²) in [5.41, 5.74) is 4.58. The number of furan rings is 1. The average Bonchev–Trinajstić information content (AvgIpc) is 3.73. The number of carbonyl (C=O) groups excluding carboxylic acids is 1. The van der Waals surface area contributed by atoms with Crippen molar-refractivity contribution in [1.29, 1.82) is 0 Å². The third kappa shape index (κ3) is 4.88. The molecule has 2 aromatic carbocycles. The van der Waals surface area contributed by atoms with Crippen LogP contribution in [0.1, 0.15) is 24.5 Å². The first-order valence-corrected chi connectivity index (χ1v) is 13.4. The number of halogens is 1. The molecule has 6 aromatic rings. The minimum atomic E-state index is -0.444. The molecule has 0 saturated heterocycles. The maximum atomic E-state index is 12.7. The van der Waals surface area contributed by atoms with Crippen molar-refractivity contribution in [3.63, 3.8) is 0 Å². The van der Waals surface area contributed by atoms with E-state index in [2.05, 4.69) is 61.7 Å². The molecule has 0 fully saturated rings. The number of hydrogen-bond donors (Lipinski definition) is 0. The smallest absolute Gasteiger partial charge is 0.217 e. The molecule has 0 aliphatic carbocycles. The predicted molar refractivity (Wildman–Crippen MR) is 154 cm³/mol. The van der Waals surface area contributed by atoms with E-state index in [0.29, 0.717) is 24.4 Å². The van der Waals surface area contributed by atoms with Crippen LogP contribution in [0.15, 0.2) is 107 Å². The van der Waals surface area contributed by atoms with E-state index >= 15 is 0 Å². The lowest BCUT2D eigenvalue weighted by Gasteiger charge is -2.26. The first kappa shape index (κ1) is 24.8. The number of benzene rings is 2. The molecule has 0 bridgehead atoms. The number of rotatable bonds is 9. The highest BCUT2D eigenvalue weighted by atomic mass is 79.9. The number of nitrogens with zero attached hydrogens (tertiary/aromatic N) is 6. The van der Waals surface area contributed by atoms with E-state index in [4.69, 9.17) is 9.40 Å². The largest absolute Gasteiger partial charge is 0.440 e. The molecule has 39 heavy (non-hydrogen) atoms. The van der Waals surface area contributed by atoms with Gasteiger partial charge < -0.3 is 13.6 Å². The van der Waals surface area contributed by atoms with E-state index < -0.39 is 6.04 Å². The molecule has 6 rings (SSSR count). The Morgan fingerprint density at radius 2 is 1.92 bits per heavy atom. The molecule has 1 amide bonds. The Hall–Kier alpha value is -4.50. The first-order chi connectivity index (χ1) is 19.1. The molecule has 0 radical (unpaired) electrons. The van der Waals surface area contributed by atoms with Crippen LogP contribution in [0.2, 0.25) is 0 Å². The van der Waals surface area contributed by atoms with Crippen LogP contribution in [0, 0.1) is 0 Å². The fourth-order valence-electron chi connectivity index (χ4n) is 4.87. The number of amides is 1. The normalized spacial score (nSPS) is 12.1. The zero-order chi connectivity index (χ0) is 26.8. The van der Waals surface area contributed by atoms with E-state index in [1.807, 2.05) is 59.4 Å². The van der Waals surface area contributed by atoms with E-state index in [1.54, 1.807) is 23.6 Å². The number of aromatic nitrogens is 5. The third-order valence-electron chi connectivity index (χ3n) is 6.76. The minimum absolute atomic E-state index is 0.444. The summed E-state index contributed by atoms with van der Waals surface area (Å²) in [6, 6.07) is 21.3. The van der Waals surface area contributed by atoms with Gasteiger partial charge in [0.2, 0.25) is 12.3 Å². The highest BCUT2D eigenvalue weighted by molar-refractivity contribution is 9.10. The van der Waals surface area contributed by atoms with Crippen LogP contribution in [-0.2, 0) is 17.8 Å². The van der Waals surface area contributed by atoms with Crippen molar-refractivity contribution in [3.8, 4) is 16.9 Å². The number of hydrogen-bond acceptors (Lipinski definition) is 5. The van der Waals surface area contributed by atoms with Gasteiger partial charge in [-0.05, 0) is 55.0 Å². The van der Waals surface area contributed by atoms with E-state index in [-0.39, 0.29) is 0 Å². The van der Waals surface area contributed by atoms with E-state index in [0.717, 1.165) is 44.7 Å². The number of imidazole rings is 2. The lowest BCUT2D eigenvalue weighted by atomic mass is 10.1. The second-order valence-electron chi connectivity index (χ2n) is 9.08. The summed E-state index contributed by atoms with van der Waals surface area (Å²) in [4.78, 5) is 27.8. The summed E-state index contributed by atoms with van der Waals surface area (Å²) in [7, 11) is 0. The van der Waals surface area contributed by atoms with E-state index in [1.165, 1.54) is 0 Å². The first-order valence-electron chi connectivity index (χ1n) is 12.6. The third-order valence-corrected chi connectivity index (χ3v) is 7.26. The predicted octanol–water partition coefficient (Wildman–Crippen LogP) is 6.61. The van der Waals surface area contributed by atoms with Crippen molar-refractivity contribution in [2.24, 2.45) is 0 Å². The van der Waals surface area contributed by atoms with Crippen LogP contribution in [0.4, 0.5) is 5.88 Å². The molecular formula is C30H25BrN6O2. The lowest BCUT2D eigenvalue weighted by molar-refractivity contribution is -0.108. The van der Waals surface area contributed by atoms with Gasteiger partial charge in [-0.3, -0.25) is 14.7 Å². The van der Waals surface area contributed by atoms with Gasteiger partial charge in [0.15, 0.2) is 0 Å². The molecule has 194 valence electrons. The molecule has 1 atom stereocenters. The number of fused-ring (bicyclic) bond motifs is 1. The van der Waals surface area contributed by atoms with Crippen LogP contribution < -0.4 is 4.90 Å². The molecule has 0 spiro atoms. The SMILES string of the molecule is CCn1c(-c2ccc(-n3ccnc3)cc2)cnc1[C@H](Cc1ccccn1)N(C=O)c1cc2cc(Br)ccc2o1. The van der Waals surface area contributed by atoms with Crippen molar-refractivity contribution in [1.82, 2.24) is 24.1 Å². The second-order valence-corrected chi connectivity index (χ2v) is 10.00. The van der Waals surface area contributed by atoms with Crippen molar-refractivity contribution in [2.75, 3.05) is 4.90 Å². The molecule has 0 saturated carbocycles. The Bertz CT molecular complexity index is 1710. The molecule has 0 aliphatic heterocycles. The maximum Gasteiger partial charge on any atom is 0.217 e. The van der Waals surface area contributed by atoms with Gasteiger partial charge in [0, 0.05) is 58.9 Å². The van der Waals surface area contributed by atoms with Gasteiger partial charge in [-0.25, -0.2) is 9.97 Å². The van der Waals surface area contributed by atoms with Gasteiger partial charge in [-0.1, -0.05) is 34.1 Å². The molecule has 0 N–H and O–H groups in total. The van der Waals surface area contributed by atoms with Crippen LogP contribution >= 0.6 is 15.9 Å². The minimum Gasteiger partial charge on any atom is -0.440 e. The molecule has 0 aliphatic rings. The Morgan fingerprint density at radius 1 is 1.05 bits per heavy atom. The van der Waals surface area contributed by atoms with E-state index in [9.17, 15) is 4.79 Å². The van der Waals surface area contributed by atoms with Crippen LogP contribution in [0.5, 0.6) is 0 Å². The van der Waals surface area contributed by atoms with Crippen LogP contribution in [0.25, 0.3) is 27.9 Å². The monoisotopic (exact) mass is 580 g/mol. The fraction of sp³-hybridized carbons (Fsp3) is 0.133. The quantitative estimate of drug-likeness (QED) is 0.180. The number of pyridine rings is 1. The average molecular weight is 581 g/mol. The topological polar surface area (TPSA) is 82.0 Å². The summed E-state index contributed by atoms with van der Waals surface area (Å²) in [5.74, 6) is 1.21. The highest BCUT2D eigenvalue weighted by Crippen LogP contribution is 2.35. The Labute approximate surface area is 233 Å². The molecule has 0 unspecified atom stereocenters. The molecule has 4 aromatic heterocycles. The standard InChI is InChI=1S/C30H25BrN6O2/c1-2-36-27(21-6-9-25(10-7-21)35-14-13-32-19-35)18-34-30(36)26(17-24-5-3-4-12-33-24)37(20-38)29-16-22-15-23(31)8-11-28(22)39-29/h3-16,18-20,26H,2,17H2,1H3/t26-/m0/s1. The van der Waals surface area contributed by atoms with Crippen molar-refractivity contribution >= 4 is 39.2 Å². The van der Waals surface area contributed by atoms with Gasteiger partial charge in [0.05, 0.1) is 18.2 Å². The Morgan fingerprint density at radius 3 is 2.64 bits per heavy atom. The van der Waals surface area contributed by atoms with Crippen LogP contribution in [0.3, 0.4) is 0 Å². The Balaban J connectivity index is 1.42. The summed E-state index contributed by atoms with van der Waals surface area (Å²) < 4.78 is 11.2. The Kier molecular flexibility index (Phi) is 6.81. The summed E-state index contributed by atoms with van der Waals surface area (Å²) >= 11 is 3.51. The number of anilines is 1.